The van der Waals surface area contributed by atoms with Gasteiger partial charge in [0.2, 0.25) is 0 Å². The highest BCUT2D eigenvalue weighted by molar-refractivity contribution is 6.29. The topological polar surface area (TPSA) is 112 Å². The Labute approximate surface area is 182 Å². The van der Waals surface area contributed by atoms with E-state index >= 15 is 0 Å². The molecular formula is C22H29ClN6O. The summed E-state index contributed by atoms with van der Waals surface area (Å²) in [7, 11) is 0. The normalized spacial score (nSPS) is 16.7. The van der Waals surface area contributed by atoms with Crippen LogP contribution in [0.15, 0.2) is 64.5 Å². The predicted molar refractivity (Wildman–Crippen MR) is 122 cm³/mol. The van der Waals surface area contributed by atoms with Crippen LogP contribution in [0.4, 0.5) is 0 Å². The molecule has 30 heavy (non-hydrogen) atoms. The van der Waals surface area contributed by atoms with E-state index in [0.717, 1.165) is 47.2 Å². The lowest BCUT2D eigenvalue weighted by Gasteiger charge is -2.28. The van der Waals surface area contributed by atoms with Crippen LogP contribution in [-0.2, 0) is 6.54 Å². The Morgan fingerprint density at radius 2 is 1.97 bits per heavy atom. The van der Waals surface area contributed by atoms with Crippen molar-refractivity contribution in [2.45, 2.75) is 38.9 Å². The Morgan fingerprint density at radius 3 is 2.63 bits per heavy atom. The number of nitrogens with zero attached hydrogens (tertiary/aromatic N) is 2. The maximum absolute atomic E-state index is 9.79. The van der Waals surface area contributed by atoms with Gasteiger partial charge in [-0.3, -0.25) is 0 Å². The van der Waals surface area contributed by atoms with Gasteiger partial charge in [-0.25, -0.2) is 11.4 Å². The Kier molecular flexibility index (Phi) is 7.57. The second-order valence-electron chi connectivity index (χ2n) is 7.22. The van der Waals surface area contributed by atoms with Gasteiger partial charge in [0, 0.05) is 12.1 Å². The van der Waals surface area contributed by atoms with Crippen molar-refractivity contribution in [2.24, 2.45) is 16.7 Å². The number of aliphatic hydroxyl groups is 1. The van der Waals surface area contributed by atoms with E-state index in [0.29, 0.717) is 17.5 Å². The van der Waals surface area contributed by atoms with Crippen molar-refractivity contribution in [1.29, 1.82) is 0 Å². The average Bonchev–Trinajstić information content (AvgIpc) is 3.06. The molecule has 2 aromatic rings. The molecule has 3 rings (SSSR count). The molecule has 0 fully saturated rings. The van der Waals surface area contributed by atoms with Gasteiger partial charge >= 0.3 is 0 Å². The van der Waals surface area contributed by atoms with Crippen molar-refractivity contribution in [3.05, 3.63) is 70.5 Å². The number of unbranched alkanes of at least 4 members (excludes halogenated alkanes) is 1. The fraction of sp³-hybridized carbons (Fsp3) is 0.318. The molecule has 0 saturated heterocycles. The standard InChI is InChI=1S/C22H29ClN6O/c1-2-3-8-20-26-21(23)19(14-30)29(20)13-15-9-11-16(12-10-15)17-6-4-5-7-18(17)22(24)27-28-25/h4-7,9-12,20,26,28,30H,2-3,8,13-14,25H2,1H3,(H2,24,27). The minimum absolute atomic E-state index is 0.0896. The second kappa shape index (κ2) is 10.3. The largest absolute Gasteiger partial charge is 0.390 e. The fourth-order valence-corrected chi connectivity index (χ4v) is 3.98. The Morgan fingerprint density at radius 1 is 1.23 bits per heavy atom. The summed E-state index contributed by atoms with van der Waals surface area (Å²) >= 11 is 6.32. The molecule has 8 heteroatoms. The zero-order chi connectivity index (χ0) is 21.5. The third kappa shape index (κ3) is 4.87. The van der Waals surface area contributed by atoms with Gasteiger partial charge in [0.1, 0.15) is 5.16 Å². The van der Waals surface area contributed by atoms with E-state index < -0.39 is 0 Å². The molecule has 7 nitrogen and oxygen atoms in total. The monoisotopic (exact) mass is 428 g/mol. The average molecular weight is 429 g/mol. The van der Waals surface area contributed by atoms with Crippen LogP contribution in [0.2, 0.25) is 0 Å². The molecule has 7 N–H and O–H groups in total. The molecule has 2 aromatic carbocycles. The molecule has 0 spiro atoms. The molecule has 1 unspecified atom stereocenters. The minimum Gasteiger partial charge on any atom is -0.390 e. The Balaban J connectivity index is 1.82. The van der Waals surface area contributed by atoms with Crippen LogP contribution >= 0.6 is 11.6 Å². The summed E-state index contributed by atoms with van der Waals surface area (Å²) in [5.41, 5.74) is 13.0. The third-order valence-electron chi connectivity index (χ3n) is 5.26. The number of rotatable bonds is 9. The molecule has 1 aliphatic heterocycles. The lowest BCUT2D eigenvalue weighted by Crippen LogP contribution is -2.37. The van der Waals surface area contributed by atoms with Crippen LogP contribution in [0.1, 0.15) is 37.3 Å². The summed E-state index contributed by atoms with van der Waals surface area (Å²) in [4.78, 5) is 2.15. The number of amidine groups is 1. The van der Waals surface area contributed by atoms with Gasteiger partial charge in [-0.05, 0) is 29.5 Å². The van der Waals surface area contributed by atoms with Crippen LogP contribution in [0.5, 0.6) is 0 Å². The van der Waals surface area contributed by atoms with E-state index in [2.05, 4.69) is 52.0 Å². The zero-order valence-corrected chi connectivity index (χ0v) is 17.9. The van der Waals surface area contributed by atoms with E-state index in [-0.39, 0.29) is 12.8 Å². The van der Waals surface area contributed by atoms with Crippen molar-refractivity contribution in [1.82, 2.24) is 15.8 Å². The minimum atomic E-state index is -0.0896. The van der Waals surface area contributed by atoms with Crippen LogP contribution in [0, 0.1) is 0 Å². The van der Waals surface area contributed by atoms with E-state index in [1.54, 1.807) is 0 Å². The number of halogens is 1. The smallest absolute Gasteiger partial charge is 0.152 e. The summed E-state index contributed by atoms with van der Waals surface area (Å²) in [6.45, 7) is 2.74. The molecule has 1 aliphatic rings. The summed E-state index contributed by atoms with van der Waals surface area (Å²) < 4.78 is 0. The lowest BCUT2D eigenvalue weighted by molar-refractivity contribution is 0.197. The number of nitrogens with two attached hydrogens (primary N) is 2. The molecule has 1 atom stereocenters. The summed E-state index contributed by atoms with van der Waals surface area (Å²) in [5, 5.41) is 17.5. The maximum Gasteiger partial charge on any atom is 0.152 e. The summed E-state index contributed by atoms with van der Waals surface area (Å²) in [6, 6.07) is 16.1. The Hall–Kier alpha value is -2.74. The SMILES string of the molecule is CCCCC1NC(Cl)=C(CO)N1Cc1ccc(-c2ccccc2/C(N)=N/NN)cc1. The van der Waals surface area contributed by atoms with Crippen molar-refractivity contribution in [3.63, 3.8) is 0 Å². The molecule has 1 heterocycles. The highest BCUT2D eigenvalue weighted by Gasteiger charge is 2.29. The van der Waals surface area contributed by atoms with Gasteiger partial charge in [0.05, 0.1) is 18.5 Å². The van der Waals surface area contributed by atoms with Crippen molar-refractivity contribution >= 4 is 17.4 Å². The molecule has 0 aliphatic carbocycles. The number of hydrogen-bond donors (Lipinski definition) is 5. The van der Waals surface area contributed by atoms with E-state index in [1.165, 1.54) is 0 Å². The first kappa shape index (κ1) is 22.0. The quantitative estimate of drug-likeness (QED) is 0.138. The summed E-state index contributed by atoms with van der Waals surface area (Å²) in [5.74, 6) is 5.59. The van der Waals surface area contributed by atoms with Crippen molar-refractivity contribution < 1.29 is 5.11 Å². The number of benzene rings is 2. The van der Waals surface area contributed by atoms with E-state index in [9.17, 15) is 5.11 Å². The highest BCUT2D eigenvalue weighted by Crippen LogP contribution is 2.29. The first-order chi connectivity index (χ1) is 14.6. The fourth-order valence-electron chi connectivity index (χ4n) is 3.69. The number of hydrogen-bond acceptors (Lipinski definition) is 6. The van der Waals surface area contributed by atoms with Crippen molar-refractivity contribution in [2.75, 3.05) is 6.61 Å². The van der Waals surface area contributed by atoms with Gasteiger partial charge < -0.3 is 21.1 Å². The van der Waals surface area contributed by atoms with Crippen LogP contribution in [0.25, 0.3) is 11.1 Å². The Bertz CT molecular complexity index is 912. The predicted octanol–water partition coefficient (Wildman–Crippen LogP) is 2.76. The number of aliphatic hydroxyl groups excluding tert-OH is 1. The van der Waals surface area contributed by atoms with E-state index in [4.69, 9.17) is 23.2 Å². The second-order valence-corrected chi connectivity index (χ2v) is 7.60. The molecule has 160 valence electrons. The summed E-state index contributed by atoms with van der Waals surface area (Å²) in [6.07, 6.45) is 3.26. The van der Waals surface area contributed by atoms with Crippen molar-refractivity contribution in [3.8, 4) is 11.1 Å². The van der Waals surface area contributed by atoms with E-state index in [1.807, 2.05) is 24.3 Å². The van der Waals surface area contributed by atoms with Gasteiger partial charge in [0.25, 0.3) is 0 Å². The maximum atomic E-state index is 9.79. The van der Waals surface area contributed by atoms with Crippen LogP contribution in [0.3, 0.4) is 0 Å². The number of hydrazone groups is 1. The number of nitrogens with one attached hydrogen (secondary N) is 2. The van der Waals surface area contributed by atoms with Gasteiger partial charge in [-0.15, -0.1) is 5.10 Å². The molecule has 0 amide bonds. The first-order valence-corrected chi connectivity index (χ1v) is 10.5. The van der Waals surface area contributed by atoms with Crippen LogP contribution < -0.4 is 22.4 Å². The molecule has 0 radical (unpaired) electrons. The number of hydrazine groups is 1. The lowest BCUT2D eigenvalue weighted by atomic mass is 9.98. The first-order valence-electron chi connectivity index (χ1n) is 10.1. The molecular weight excluding hydrogens is 400 g/mol. The highest BCUT2D eigenvalue weighted by atomic mass is 35.5. The molecule has 0 saturated carbocycles. The van der Waals surface area contributed by atoms with Crippen LogP contribution in [-0.4, -0.2) is 28.6 Å². The third-order valence-corrected chi connectivity index (χ3v) is 5.58. The molecule has 0 bridgehead atoms. The zero-order valence-electron chi connectivity index (χ0n) is 17.1. The van der Waals surface area contributed by atoms with Gasteiger partial charge in [-0.1, -0.05) is 73.5 Å². The molecule has 0 aromatic heterocycles. The van der Waals surface area contributed by atoms with Gasteiger partial charge in [-0.2, -0.15) is 0 Å². The van der Waals surface area contributed by atoms with Gasteiger partial charge in [0.15, 0.2) is 5.84 Å².